The monoisotopic (exact) mass is 474 g/mol. The number of carbonyl (C=O) groups excluding carboxylic acids is 2. The van der Waals surface area contributed by atoms with Crippen molar-refractivity contribution in [2.75, 3.05) is 34.4 Å². The minimum Gasteiger partial charge on any atom is -0.508 e. The number of methoxy groups -OCH3 is 1. The number of likely N-dealkylation sites (tertiary alicyclic amines) is 1. The van der Waals surface area contributed by atoms with Crippen LogP contribution in [0.25, 0.3) is 5.76 Å². The maximum atomic E-state index is 12.9. The van der Waals surface area contributed by atoms with E-state index in [2.05, 4.69) is 0 Å². The molecule has 0 saturated carbocycles. The maximum absolute atomic E-state index is 12.9. The van der Waals surface area contributed by atoms with Crippen molar-refractivity contribution < 1.29 is 33.0 Å². The zero-order valence-corrected chi connectivity index (χ0v) is 19.4. The molecule has 3 rings (SSSR count). The van der Waals surface area contributed by atoms with Crippen LogP contribution in [-0.2, 0) is 24.3 Å². The van der Waals surface area contributed by atoms with Crippen LogP contribution in [0.15, 0.2) is 59.0 Å². The minimum absolute atomic E-state index is 0.0219. The number of Topliss-reactive ketones (excluding diaryl/α,β-unsaturated/α-hetero) is 1. The topological polar surface area (TPSA) is 124 Å². The lowest BCUT2D eigenvalue weighted by atomic mass is 9.95. The predicted molar refractivity (Wildman–Crippen MR) is 121 cm³/mol. The zero-order chi connectivity index (χ0) is 24.3. The van der Waals surface area contributed by atoms with E-state index in [1.54, 1.807) is 12.1 Å². The summed E-state index contributed by atoms with van der Waals surface area (Å²) in [5.41, 5.74) is 0.513. The highest BCUT2D eigenvalue weighted by atomic mass is 32.2. The molecule has 1 atom stereocenters. The van der Waals surface area contributed by atoms with Gasteiger partial charge in [-0.15, -0.1) is 0 Å². The predicted octanol–water partition coefficient (Wildman–Crippen LogP) is 2.10. The summed E-state index contributed by atoms with van der Waals surface area (Å²) in [4.78, 5) is 27.1. The van der Waals surface area contributed by atoms with Gasteiger partial charge in [0.25, 0.3) is 11.7 Å². The van der Waals surface area contributed by atoms with Gasteiger partial charge in [0.1, 0.15) is 11.5 Å². The minimum atomic E-state index is -3.67. The number of aliphatic hydroxyl groups is 1. The van der Waals surface area contributed by atoms with E-state index in [0.29, 0.717) is 18.6 Å². The summed E-state index contributed by atoms with van der Waals surface area (Å²) in [6.07, 6.45) is 0.468. The first-order chi connectivity index (χ1) is 15.6. The van der Waals surface area contributed by atoms with Gasteiger partial charge in [-0.05, 0) is 48.4 Å². The van der Waals surface area contributed by atoms with Crippen LogP contribution < -0.4 is 0 Å². The highest BCUT2D eigenvalue weighted by Crippen LogP contribution is 2.40. The number of hydrogen-bond donors (Lipinski definition) is 2. The van der Waals surface area contributed by atoms with Gasteiger partial charge in [0, 0.05) is 39.9 Å². The average molecular weight is 475 g/mol. The van der Waals surface area contributed by atoms with Crippen molar-refractivity contribution in [1.29, 1.82) is 0 Å². The molecule has 1 amide bonds. The summed E-state index contributed by atoms with van der Waals surface area (Å²) in [6.45, 7) is 0.576. The van der Waals surface area contributed by atoms with Crippen molar-refractivity contribution in [1.82, 2.24) is 9.21 Å². The van der Waals surface area contributed by atoms with Crippen molar-refractivity contribution in [2.24, 2.45) is 0 Å². The first kappa shape index (κ1) is 24.4. The second kappa shape index (κ2) is 9.74. The van der Waals surface area contributed by atoms with Gasteiger partial charge in [-0.2, -0.15) is 0 Å². The lowest BCUT2D eigenvalue weighted by molar-refractivity contribution is -0.140. The van der Waals surface area contributed by atoms with Crippen LogP contribution in [0.2, 0.25) is 0 Å². The van der Waals surface area contributed by atoms with Crippen LogP contribution >= 0.6 is 0 Å². The largest absolute Gasteiger partial charge is 0.508 e. The number of carbonyl (C=O) groups is 2. The molecule has 176 valence electrons. The van der Waals surface area contributed by atoms with Crippen LogP contribution in [0, 0.1) is 0 Å². The molecule has 1 aliphatic rings. The second-order valence-corrected chi connectivity index (χ2v) is 9.90. The molecule has 0 bridgehead atoms. The molecule has 1 aliphatic heterocycles. The molecule has 2 aromatic rings. The fourth-order valence-electron chi connectivity index (χ4n) is 3.68. The zero-order valence-electron chi connectivity index (χ0n) is 18.6. The third-order valence-corrected chi connectivity index (χ3v) is 7.21. The van der Waals surface area contributed by atoms with Crippen LogP contribution in [-0.4, -0.2) is 73.9 Å². The van der Waals surface area contributed by atoms with Crippen molar-refractivity contribution in [3.63, 3.8) is 0 Å². The molecular formula is C23H26N2O7S. The smallest absolute Gasteiger partial charge is 0.295 e. The first-order valence-electron chi connectivity index (χ1n) is 10.2. The van der Waals surface area contributed by atoms with Crippen molar-refractivity contribution in [3.8, 4) is 5.75 Å². The van der Waals surface area contributed by atoms with Crippen molar-refractivity contribution >= 4 is 27.5 Å². The number of amides is 1. The Labute approximate surface area is 192 Å². The van der Waals surface area contributed by atoms with E-state index in [4.69, 9.17) is 4.74 Å². The second-order valence-electron chi connectivity index (χ2n) is 7.75. The number of ketones is 1. The molecule has 0 spiro atoms. The molecule has 9 nitrogen and oxygen atoms in total. The standard InChI is InChI=1S/C23H26N2O7S/c1-24(2)33(30,31)18-10-8-15(9-11-18)21(27)19-20(16-6-4-7-17(26)14-16)25(12-5-13-32-3)23(29)22(19)28/h4,6-11,14,20,26-27H,5,12-13H2,1-3H3/b21-19-. The van der Waals surface area contributed by atoms with E-state index < -0.39 is 33.5 Å². The number of nitrogens with zero attached hydrogens (tertiary/aromatic N) is 2. The van der Waals surface area contributed by atoms with E-state index in [9.17, 15) is 28.2 Å². The molecule has 2 N–H and O–H groups in total. The van der Waals surface area contributed by atoms with Crippen molar-refractivity contribution in [2.45, 2.75) is 17.4 Å². The molecular weight excluding hydrogens is 448 g/mol. The highest BCUT2D eigenvalue weighted by molar-refractivity contribution is 7.89. The molecule has 0 radical (unpaired) electrons. The fourth-order valence-corrected chi connectivity index (χ4v) is 4.58. The van der Waals surface area contributed by atoms with Crippen LogP contribution in [0.4, 0.5) is 0 Å². The number of hydrogen-bond acceptors (Lipinski definition) is 7. The van der Waals surface area contributed by atoms with E-state index in [1.807, 2.05) is 0 Å². The SMILES string of the molecule is COCCCN1C(=O)C(=O)/C(=C(\O)c2ccc(S(=O)(=O)N(C)C)cc2)C1c1cccc(O)c1. The molecule has 33 heavy (non-hydrogen) atoms. The Morgan fingerprint density at radius 3 is 2.36 bits per heavy atom. The average Bonchev–Trinajstić information content (AvgIpc) is 3.03. The summed E-state index contributed by atoms with van der Waals surface area (Å²) in [6, 6.07) is 10.6. The number of phenolic OH excluding ortho intramolecular Hbond substituents is 1. The Morgan fingerprint density at radius 1 is 1.12 bits per heavy atom. The molecule has 1 heterocycles. The van der Waals surface area contributed by atoms with Crippen molar-refractivity contribution in [3.05, 3.63) is 65.2 Å². The number of sulfonamides is 1. The lowest BCUT2D eigenvalue weighted by Crippen LogP contribution is -2.31. The van der Waals surface area contributed by atoms with Gasteiger partial charge >= 0.3 is 0 Å². The number of ether oxygens (including phenoxy) is 1. The quantitative estimate of drug-likeness (QED) is 0.260. The molecule has 1 fully saturated rings. The van der Waals surface area contributed by atoms with Crippen LogP contribution in [0.3, 0.4) is 0 Å². The summed E-state index contributed by atoms with van der Waals surface area (Å²) in [5, 5.41) is 21.0. The molecule has 10 heteroatoms. The number of rotatable bonds is 8. The third-order valence-electron chi connectivity index (χ3n) is 5.38. The van der Waals surface area contributed by atoms with Gasteiger partial charge in [-0.1, -0.05) is 12.1 Å². The van der Waals surface area contributed by atoms with Gasteiger partial charge in [0.15, 0.2) is 0 Å². The fraction of sp³-hybridized carbons (Fsp3) is 0.304. The van der Waals surface area contributed by atoms with Crippen LogP contribution in [0.5, 0.6) is 5.75 Å². The summed E-state index contributed by atoms with van der Waals surface area (Å²) in [7, 11) is 0.670. The van der Waals surface area contributed by atoms with E-state index >= 15 is 0 Å². The van der Waals surface area contributed by atoms with E-state index in [-0.39, 0.29) is 28.3 Å². The molecule has 0 aliphatic carbocycles. The number of aromatic hydroxyl groups is 1. The number of aliphatic hydroxyl groups excluding tert-OH is 1. The number of phenols is 1. The Balaban J connectivity index is 2.10. The van der Waals surface area contributed by atoms with E-state index in [0.717, 1.165) is 4.31 Å². The Morgan fingerprint density at radius 2 is 1.79 bits per heavy atom. The van der Waals surface area contributed by atoms with Gasteiger partial charge in [-0.3, -0.25) is 9.59 Å². The van der Waals surface area contributed by atoms with Crippen LogP contribution in [0.1, 0.15) is 23.6 Å². The highest BCUT2D eigenvalue weighted by Gasteiger charge is 2.45. The van der Waals surface area contributed by atoms with Gasteiger partial charge < -0.3 is 19.8 Å². The third kappa shape index (κ3) is 4.77. The van der Waals surface area contributed by atoms with Gasteiger partial charge in [0.2, 0.25) is 10.0 Å². The Bertz CT molecular complexity index is 1190. The Hall–Kier alpha value is -3.21. The lowest BCUT2D eigenvalue weighted by Gasteiger charge is -2.25. The molecule has 1 unspecified atom stereocenters. The Kier molecular flexibility index (Phi) is 7.21. The summed E-state index contributed by atoms with van der Waals surface area (Å²) < 4.78 is 30.7. The molecule has 0 aromatic heterocycles. The molecule has 1 saturated heterocycles. The number of benzene rings is 2. The first-order valence-corrected chi connectivity index (χ1v) is 11.6. The summed E-state index contributed by atoms with van der Waals surface area (Å²) >= 11 is 0. The normalized spacial score (nSPS) is 18.3. The van der Waals surface area contributed by atoms with Gasteiger partial charge in [0.05, 0.1) is 16.5 Å². The summed E-state index contributed by atoms with van der Waals surface area (Å²) in [5.74, 6) is -2.10. The molecule has 2 aromatic carbocycles. The maximum Gasteiger partial charge on any atom is 0.295 e. The van der Waals surface area contributed by atoms with E-state index in [1.165, 1.54) is 62.5 Å². The van der Waals surface area contributed by atoms with Gasteiger partial charge in [-0.25, -0.2) is 12.7 Å².